The van der Waals surface area contributed by atoms with Crippen LogP contribution < -0.4 is 15.0 Å². The van der Waals surface area contributed by atoms with Crippen molar-refractivity contribution in [2.75, 3.05) is 25.0 Å². The second-order valence-electron chi connectivity index (χ2n) is 10.9. The number of carbonyl (C=O) groups excluding carboxylic acids is 3. The van der Waals surface area contributed by atoms with Crippen LogP contribution in [0.3, 0.4) is 0 Å². The molecule has 222 valence electrons. The van der Waals surface area contributed by atoms with Crippen molar-refractivity contribution in [3.63, 3.8) is 0 Å². The number of anilines is 1. The number of fused-ring (bicyclic) bond motifs is 2. The van der Waals surface area contributed by atoms with E-state index in [1.807, 2.05) is 54.6 Å². The number of hydrogen-bond acceptors (Lipinski definition) is 4. The first-order chi connectivity index (χ1) is 21.3. The van der Waals surface area contributed by atoms with E-state index in [4.69, 9.17) is 4.74 Å². The van der Waals surface area contributed by atoms with E-state index in [1.165, 1.54) is 39.1 Å². The Morgan fingerprint density at radius 2 is 1.50 bits per heavy atom. The van der Waals surface area contributed by atoms with E-state index in [2.05, 4.69) is 10.3 Å². The second kappa shape index (κ2) is 12.4. The van der Waals surface area contributed by atoms with Gasteiger partial charge in [0.1, 0.15) is 36.1 Å². The number of hydrogen-bond donors (Lipinski definition) is 2. The predicted molar refractivity (Wildman–Crippen MR) is 166 cm³/mol. The highest BCUT2D eigenvalue weighted by Gasteiger charge is 2.28. The molecule has 0 aliphatic heterocycles. The van der Waals surface area contributed by atoms with E-state index in [-0.39, 0.29) is 30.7 Å². The summed E-state index contributed by atoms with van der Waals surface area (Å²) in [5.41, 5.74) is 3.70. The Morgan fingerprint density at radius 3 is 2.20 bits per heavy atom. The Labute approximate surface area is 254 Å². The molecule has 8 nitrogen and oxygen atoms in total. The van der Waals surface area contributed by atoms with Crippen molar-refractivity contribution in [1.82, 2.24) is 15.2 Å². The summed E-state index contributed by atoms with van der Waals surface area (Å²) in [6.45, 7) is -0.668. The minimum atomic E-state index is -0.542. The molecule has 3 amide bonds. The summed E-state index contributed by atoms with van der Waals surface area (Å²) in [5, 5.41) is 3.54. The molecule has 0 fully saturated rings. The molecule has 44 heavy (non-hydrogen) atoms. The van der Waals surface area contributed by atoms with Crippen molar-refractivity contribution in [3.8, 4) is 11.5 Å². The molecule has 0 bridgehead atoms. The van der Waals surface area contributed by atoms with Gasteiger partial charge >= 0.3 is 0 Å². The topological polar surface area (TPSA) is 94.7 Å². The van der Waals surface area contributed by atoms with Gasteiger partial charge in [-0.05, 0) is 84.6 Å². The summed E-state index contributed by atoms with van der Waals surface area (Å²) >= 11 is 0. The Hall–Kier alpha value is -5.44. The zero-order valence-electron chi connectivity index (χ0n) is 24.1. The number of aromatic nitrogens is 1. The quantitative estimate of drug-likeness (QED) is 0.238. The minimum Gasteiger partial charge on any atom is -0.457 e. The van der Waals surface area contributed by atoms with Gasteiger partial charge in [0.15, 0.2) is 0 Å². The third-order valence-electron chi connectivity index (χ3n) is 7.75. The van der Waals surface area contributed by atoms with E-state index in [0.717, 1.165) is 0 Å². The first-order valence-corrected chi connectivity index (χ1v) is 14.4. The van der Waals surface area contributed by atoms with Gasteiger partial charge in [-0.15, -0.1) is 0 Å². The van der Waals surface area contributed by atoms with Gasteiger partial charge in [0.25, 0.3) is 5.91 Å². The second-order valence-corrected chi connectivity index (χ2v) is 10.9. The number of nitrogens with zero attached hydrogens (tertiary/aromatic N) is 2. The molecule has 1 aliphatic carbocycles. The van der Waals surface area contributed by atoms with Gasteiger partial charge in [-0.1, -0.05) is 42.5 Å². The molecule has 1 aliphatic rings. The third-order valence-corrected chi connectivity index (χ3v) is 7.75. The van der Waals surface area contributed by atoms with Crippen molar-refractivity contribution < 1.29 is 23.5 Å². The molecule has 0 unspecified atom stereocenters. The molecular weight excluding hydrogens is 559 g/mol. The fourth-order valence-electron chi connectivity index (χ4n) is 5.47. The molecule has 5 aromatic rings. The number of ether oxygens (including phenoxy) is 1. The van der Waals surface area contributed by atoms with Gasteiger partial charge in [-0.25, -0.2) is 4.39 Å². The molecule has 6 rings (SSSR count). The van der Waals surface area contributed by atoms with Crippen LogP contribution in [-0.2, 0) is 22.4 Å². The summed E-state index contributed by atoms with van der Waals surface area (Å²) in [6.07, 6.45) is 1.41. The highest BCUT2D eigenvalue weighted by Crippen LogP contribution is 2.25. The van der Waals surface area contributed by atoms with Crippen LogP contribution in [0.5, 0.6) is 11.5 Å². The van der Waals surface area contributed by atoms with Crippen LogP contribution in [0.15, 0.2) is 103 Å². The third kappa shape index (κ3) is 6.47. The standard InChI is InChI=1S/C35H31FN4O4/c1-39(28-12-14-30(15-13-28)44-29-9-3-2-4-10-29)34(42)22-40(35(43)32-20-25-17-26(36)11-16-31(25)38-32)21-33(41)37-27-18-23-7-5-6-8-24(23)19-27/h2-17,20,27,38H,18-19,21-22H2,1H3,(H,37,41). The monoisotopic (exact) mass is 590 g/mol. The lowest BCUT2D eigenvalue weighted by Gasteiger charge is -2.25. The normalized spacial score (nSPS) is 12.5. The van der Waals surface area contributed by atoms with Gasteiger partial charge in [0, 0.05) is 29.7 Å². The SMILES string of the molecule is CN(C(=O)CN(CC(=O)NC1Cc2ccccc2C1)C(=O)c1cc2cc(F)ccc2[nH]1)c1ccc(Oc2ccccc2)cc1. The molecule has 0 radical (unpaired) electrons. The number of benzene rings is 4. The Kier molecular flexibility index (Phi) is 8.10. The molecule has 9 heteroatoms. The summed E-state index contributed by atoms with van der Waals surface area (Å²) in [7, 11) is 1.61. The maximum absolute atomic E-state index is 13.8. The maximum atomic E-state index is 13.8. The van der Waals surface area contributed by atoms with Crippen LogP contribution in [0.1, 0.15) is 21.6 Å². The largest absolute Gasteiger partial charge is 0.457 e. The number of H-pyrrole nitrogens is 1. The van der Waals surface area contributed by atoms with Gasteiger partial charge in [-0.3, -0.25) is 14.4 Å². The maximum Gasteiger partial charge on any atom is 0.271 e. The lowest BCUT2D eigenvalue weighted by molar-refractivity contribution is -0.123. The molecule has 1 heterocycles. The van der Waals surface area contributed by atoms with E-state index in [0.29, 0.717) is 40.9 Å². The van der Waals surface area contributed by atoms with Crippen LogP contribution in [0.4, 0.5) is 10.1 Å². The Morgan fingerprint density at radius 1 is 0.841 bits per heavy atom. The average Bonchev–Trinajstić information content (AvgIpc) is 3.64. The van der Waals surface area contributed by atoms with Crippen LogP contribution in [0, 0.1) is 5.82 Å². The van der Waals surface area contributed by atoms with E-state index in [9.17, 15) is 18.8 Å². The molecule has 4 aromatic carbocycles. The predicted octanol–water partition coefficient (Wildman–Crippen LogP) is 5.49. The van der Waals surface area contributed by atoms with Gasteiger partial charge in [0.2, 0.25) is 11.8 Å². The molecular formula is C35H31FN4O4. The summed E-state index contributed by atoms with van der Waals surface area (Å²) in [5.74, 6) is -0.424. The van der Waals surface area contributed by atoms with E-state index in [1.54, 1.807) is 37.4 Å². The molecule has 0 spiro atoms. The van der Waals surface area contributed by atoms with Gasteiger partial charge in [0.05, 0.1) is 0 Å². The lowest BCUT2D eigenvalue weighted by Crippen LogP contribution is -2.48. The minimum absolute atomic E-state index is 0.0945. The number of aromatic amines is 1. The zero-order chi connectivity index (χ0) is 30.6. The molecule has 1 aromatic heterocycles. The number of carbonyl (C=O) groups is 3. The number of amides is 3. The molecule has 0 saturated heterocycles. The van der Waals surface area contributed by atoms with Crippen molar-refractivity contribution in [2.24, 2.45) is 0 Å². The van der Waals surface area contributed by atoms with Crippen molar-refractivity contribution in [3.05, 3.63) is 126 Å². The summed E-state index contributed by atoms with van der Waals surface area (Å²) in [6, 6.07) is 30.0. The highest BCUT2D eigenvalue weighted by atomic mass is 19.1. The first kappa shape index (κ1) is 28.7. The number of para-hydroxylation sites is 1. The van der Waals surface area contributed by atoms with E-state index < -0.39 is 17.6 Å². The molecule has 0 saturated carbocycles. The number of rotatable bonds is 9. The number of halogens is 1. The van der Waals surface area contributed by atoms with Gasteiger partial charge < -0.3 is 24.8 Å². The van der Waals surface area contributed by atoms with E-state index >= 15 is 0 Å². The highest BCUT2D eigenvalue weighted by molar-refractivity contribution is 6.03. The summed E-state index contributed by atoms with van der Waals surface area (Å²) in [4.78, 5) is 46.0. The Bertz CT molecular complexity index is 1800. The van der Waals surface area contributed by atoms with Crippen molar-refractivity contribution >= 4 is 34.3 Å². The number of likely N-dealkylation sites (N-methyl/N-ethyl adjacent to an activating group) is 1. The lowest BCUT2D eigenvalue weighted by atomic mass is 10.1. The van der Waals surface area contributed by atoms with Crippen molar-refractivity contribution in [2.45, 2.75) is 18.9 Å². The fraction of sp³-hybridized carbons (Fsp3) is 0.171. The number of nitrogens with one attached hydrogen (secondary N) is 2. The van der Waals surface area contributed by atoms with Crippen LogP contribution >= 0.6 is 0 Å². The smallest absolute Gasteiger partial charge is 0.271 e. The van der Waals surface area contributed by atoms with Crippen LogP contribution in [-0.4, -0.2) is 53.8 Å². The molecule has 0 atom stereocenters. The van der Waals surface area contributed by atoms with Crippen LogP contribution in [0.25, 0.3) is 10.9 Å². The Balaban J connectivity index is 1.17. The van der Waals surface area contributed by atoms with Crippen LogP contribution in [0.2, 0.25) is 0 Å². The fourth-order valence-corrected chi connectivity index (χ4v) is 5.47. The zero-order valence-corrected chi connectivity index (χ0v) is 24.1. The first-order valence-electron chi connectivity index (χ1n) is 14.4. The average molecular weight is 591 g/mol. The molecule has 2 N–H and O–H groups in total. The van der Waals surface area contributed by atoms with Gasteiger partial charge in [-0.2, -0.15) is 0 Å². The summed E-state index contributed by atoms with van der Waals surface area (Å²) < 4.78 is 19.6. The van der Waals surface area contributed by atoms with Crippen molar-refractivity contribution in [1.29, 1.82) is 0 Å².